The van der Waals surface area contributed by atoms with Gasteiger partial charge in [-0.2, -0.15) is 4.37 Å². The minimum absolute atomic E-state index is 0.0784. The van der Waals surface area contributed by atoms with Gasteiger partial charge >= 0.3 is 0 Å². The van der Waals surface area contributed by atoms with Crippen LogP contribution in [0.3, 0.4) is 0 Å². The molecular formula is C15H16FN3O2S. The van der Waals surface area contributed by atoms with Crippen LogP contribution in [-0.2, 0) is 4.74 Å². The smallest absolute Gasteiger partial charge is 0.265 e. The van der Waals surface area contributed by atoms with E-state index in [1.165, 1.54) is 12.1 Å². The number of ether oxygens (including phenoxy) is 1. The molecule has 1 atom stereocenters. The molecule has 2 heterocycles. The molecule has 0 unspecified atom stereocenters. The normalized spacial score (nSPS) is 17.6. The lowest BCUT2D eigenvalue weighted by Crippen LogP contribution is -2.31. The third-order valence-corrected chi connectivity index (χ3v) is 4.43. The van der Waals surface area contributed by atoms with Crippen molar-refractivity contribution in [3.05, 3.63) is 35.0 Å². The first-order valence-electron chi connectivity index (χ1n) is 7.06. The summed E-state index contributed by atoms with van der Waals surface area (Å²) in [4.78, 5) is 12.6. The zero-order valence-corrected chi connectivity index (χ0v) is 12.7. The third kappa shape index (κ3) is 3.10. The molecule has 1 aliphatic rings. The van der Waals surface area contributed by atoms with Gasteiger partial charge in [-0.25, -0.2) is 4.39 Å². The maximum absolute atomic E-state index is 13.0. The summed E-state index contributed by atoms with van der Waals surface area (Å²) in [7, 11) is 0. The average Bonchev–Trinajstić information content (AvgIpc) is 3.15. The van der Waals surface area contributed by atoms with Crippen molar-refractivity contribution in [2.24, 2.45) is 0 Å². The molecule has 0 spiro atoms. The molecule has 0 radical (unpaired) electrons. The Balaban J connectivity index is 1.72. The summed E-state index contributed by atoms with van der Waals surface area (Å²) in [6.45, 7) is 1.22. The highest BCUT2D eigenvalue weighted by Crippen LogP contribution is 2.30. The van der Waals surface area contributed by atoms with Gasteiger partial charge in [-0.05, 0) is 48.6 Å². The van der Waals surface area contributed by atoms with Crippen molar-refractivity contribution < 1.29 is 13.9 Å². The van der Waals surface area contributed by atoms with Gasteiger partial charge in [0, 0.05) is 18.7 Å². The molecule has 5 nitrogen and oxygen atoms in total. The van der Waals surface area contributed by atoms with E-state index >= 15 is 0 Å². The molecule has 1 saturated heterocycles. The second-order valence-electron chi connectivity index (χ2n) is 5.13. The fraction of sp³-hybridized carbons (Fsp3) is 0.333. The Bertz CT molecular complexity index is 666. The number of carbonyl (C=O) groups excluding carboxylic acids is 1. The van der Waals surface area contributed by atoms with Gasteiger partial charge in [0.2, 0.25) is 0 Å². The van der Waals surface area contributed by atoms with Crippen LogP contribution in [0.4, 0.5) is 10.1 Å². The fourth-order valence-electron chi connectivity index (χ4n) is 2.37. The minimum atomic E-state index is -0.327. The van der Waals surface area contributed by atoms with Gasteiger partial charge in [-0.15, -0.1) is 0 Å². The molecule has 0 aliphatic carbocycles. The molecule has 3 rings (SSSR count). The van der Waals surface area contributed by atoms with E-state index in [4.69, 9.17) is 10.5 Å². The molecular weight excluding hydrogens is 305 g/mol. The molecule has 1 aromatic heterocycles. The second kappa shape index (κ2) is 6.41. The predicted molar refractivity (Wildman–Crippen MR) is 83.2 cm³/mol. The molecule has 22 heavy (non-hydrogen) atoms. The van der Waals surface area contributed by atoms with Crippen molar-refractivity contribution in [3.8, 4) is 11.3 Å². The highest BCUT2D eigenvalue weighted by molar-refractivity contribution is 7.09. The minimum Gasteiger partial charge on any atom is -0.396 e. The number of hydrogen-bond acceptors (Lipinski definition) is 5. The third-order valence-electron chi connectivity index (χ3n) is 3.57. The lowest BCUT2D eigenvalue weighted by molar-refractivity contribution is 0.0861. The van der Waals surface area contributed by atoms with E-state index < -0.39 is 0 Å². The first-order chi connectivity index (χ1) is 10.6. The number of hydrogen-bond donors (Lipinski definition) is 2. The number of halogens is 1. The molecule has 3 N–H and O–H groups in total. The Hall–Kier alpha value is -1.99. The van der Waals surface area contributed by atoms with Crippen molar-refractivity contribution in [2.45, 2.75) is 18.9 Å². The van der Waals surface area contributed by atoms with Crippen molar-refractivity contribution in [3.63, 3.8) is 0 Å². The number of nitrogen functional groups attached to an aromatic ring is 1. The Morgan fingerprint density at radius 1 is 1.45 bits per heavy atom. The molecule has 2 aromatic rings. The number of carbonyl (C=O) groups is 1. The van der Waals surface area contributed by atoms with E-state index in [-0.39, 0.29) is 17.8 Å². The summed E-state index contributed by atoms with van der Waals surface area (Å²) >= 11 is 1.04. The largest absolute Gasteiger partial charge is 0.396 e. The molecule has 0 saturated carbocycles. The van der Waals surface area contributed by atoms with Crippen LogP contribution in [0.2, 0.25) is 0 Å². The Morgan fingerprint density at radius 3 is 2.91 bits per heavy atom. The maximum atomic E-state index is 13.0. The van der Waals surface area contributed by atoms with Gasteiger partial charge < -0.3 is 15.8 Å². The van der Waals surface area contributed by atoms with Crippen LogP contribution in [0, 0.1) is 5.82 Å². The SMILES string of the molecule is Nc1c(-c2ccc(F)cc2)nsc1C(=O)NC[C@H]1CCCO1. The summed E-state index contributed by atoms with van der Waals surface area (Å²) in [5.41, 5.74) is 7.54. The highest BCUT2D eigenvalue weighted by atomic mass is 32.1. The van der Waals surface area contributed by atoms with Crippen molar-refractivity contribution in [1.82, 2.24) is 9.69 Å². The lowest BCUT2D eigenvalue weighted by atomic mass is 10.1. The van der Waals surface area contributed by atoms with Crippen LogP contribution >= 0.6 is 11.5 Å². The number of benzene rings is 1. The number of aromatic nitrogens is 1. The van der Waals surface area contributed by atoms with Gasteiger partial charge in [-0.3, -0.25) is 4.79 Å². The van der Waals surface area contributed by atoms with E-state index in [9.17, 15) is 9.18 Å². The molecule has 1 aromatic carbocycles. The Labute approximate surface area is 131 Å². The van der Waals surface area contributed by atoms with Gasteiger partial charge in [0.25, 0.3) is 5.91 Å². The van der Waals surface area contributed by atoms with E-state index in [0.717, 1.165) is 31.0 Å². The summed E-state index contributed by atoms with van der Waals surface area (Å²) in [6, 6.07) is 5.86. The summed E-state index contributed by atoms with van der Waals surface area (Å²) < 4.78 is 22.6. The number of nitrogens with two attached hydrogens (primary N) is 1. The quantitative estimate of drug-likeness (QED) is 0.907. The van der Waals surface area contributed by atoms with Gasteiger partial charge in [0.05, 0.1) is 11.8 Å². The van der Waals surface area contributed by atoms with E-state index in [2.05, 4.69) is 9.69 Å². The standard InChI is InChI=1S/C15H16FN3O2S/c16-10-5-3-9(4-6-10)13-12(17)14(22-19-13)15(20)18-8-11-2-1-7-21-11/h3-6,11H,1-2,7-8,17H2,(H,18,20)/t11-/m1/s1. The van der Waals surface area contributed by atoms with Gasteiger partial charge in [-0.1, -0.05) is 0 Å². The van der Waals surface area contributed by atoms with Crippen LogP contribution in [0.5, 0.6) is 0 Å². The van der Waals surface area contributed by atoms with Gasteiger partial charge in [0.15, 0.2) is 0 Å². The highest BCUT2D eigenvalue weighted by Gasteiger charge is 2.21. The van der Waals surface area contributed by atoms with E-state index in [0.29, 0.717) is 28.4 Å². The number of nitrogens with zero attached hydrogens (tertiary/aromatic N) is 1. The topological polar surface area (TPSA) is 77.2 Å². The van der Waals surface area contributed by atoms with Crippen molar-refractivity contribution in [1.29, 1.82) is 0 Å². The van der Waals surface area contributed by atoms with Crippen LogP contribution in [0.25, 0.3) is 11.3 Å². The molecule has 1 fully saturated rings. The second-order valence-corrected chi connectivity index (χ2v) is 5.90. The summed E-state index contributed by atoms with van der Waals surface area (Å²) in [5.74, 6) is -0.578. The van der Waals surface area contributed by atoms with Crippen molar-refractivity contribution >= 4 is 23.1 Å². The van der Waals surface area contributed by atoms with Crippen LogP contribution in [-0.4, -0.2) is 29.5 Å². The van der Waals surface area contributed by atoms with E-state index in [1.54, 1.807) is 12.1 Å². The Kier molecular flexibility index (Phi) is 4.35. The molecule has 1 amide bonds. The maximum Gasteiger partial charge on any atom is 0.265 e. The van der Waals surface area contributed by atoms with Crippen LogP contribution in [0.1, 0.15) is 22.5 Å². The zero-order chi connectivity index (χ0) is 15.5. The van der Waals surface area contributed by atoms with Gasteiger partial charge in [0.1, 0.15) is 16.4 Å². The van der Waals surface area contributed by atoms with E-state index in [1.807, 2.05) is 0 Å². The summed E-state index contributed by atoms with van der Waals surface area (Å²) in [6.07, 6.45) is 2.06. The first kappa shape index (κ1) is 14.9. The molecule has 0 bridgehead atoms. The summed E-state index contributed by atoms with van der Waals surface area (Å²) in [5, 5.41) is 2.82. The van der Waals surface area contributed by atoms with Crippen molar-refractivity contribution in [2.75, 3.05) is 18.9 Å². The monoisotopic (exact) mass is 321 g/mol. The number of nitrogens with one attached hydrogen (secondary N) is 1. The molecule has 7 heteroatoms. The zero-order valence-electron chi connectivity index (χ0n) is 11.8. The molecule has 1 aliphatic heterocycles. The number of anilines is 1. The predicted octanol–water partition coefficient (Wildman–Crippen LogP) is 2.44. The number of amides is 1. The fourth-order valence-corrected chi connectivity index (χ4v) is 3.11. The Morgan fingerprint density at radius 2 is 2.23 bits per heavy atom. The number of rotatable bonds is 4. The lowest BCUT2D eigenvalue weighted by Gasteiger charge is -2.10. The molecule has 116 valence electrons. The average molecular weight is 321 g/mol. The van der Waals surface area contributed by atoms with Crippen LogP contribution < -0.4 is 11.1 Å². The first-order valence-corrected chi connectivity index (χ1v) is 7.83. The van der Waals surface area contributed by atoms with Crippen LogP contribution in [0.15, 0.2) is 24.3 Å².